The molecule has 0 radical (unpaired) electrons. The molecule has 1 aliphatic rings. The second kappa shape index (κ2) is 4.80. The van der Waals surface area contributed by atoms with E-state index in [9.17, 15) is 22.8 Å². The van der Waals surface area contributed by atoms with Crippen molar-refractivity contribution in [3.8, 4) is 0 Å². The Morgan fingerprint density at radius 1 is 1.45 bits per heavy atom. The lowest BCUT2D eigenvalue weighted by Gasteiger charge is -2.16. The van der Waals surface area contributed by atoms with E-state index < -0.39 is 41.1 Å². The number of alkyl halides is 3. The van der Waals surface area contributed by atoms with Crippen LogP contribution in [-0.4, -0.2) is 34.3 Å². The molecular weight excluding hydrogens is 279 g/mol. The third-order valence-electron chi connectivity index (χ3n) is 2.60. The lowest BCUT2D eigenvalue weighted by atomic mass is 10.1. The van der Waals surface area contributed by atoms with Gasteiger partial charge in [0, 0.05) is 6.54 Å². The van der Waals surface area contributed by atoms with E-state index in [0.29, 0.717) is 0 Å². The molecule has 9 heteroatoms. The van der Waals surface area contributed by atoms with E-state index in [0.717, 1.165) is 4.68 Å². The third-order valence-corrected chi connectivity index (χ3v) is 2.60. The normalized spacial score (nSPS) is 15.0. The lowest BCUT2D eigenvalue weighted by molar-refractivity contribution is -0.138. The second-order valence-electron chi connectivity index (χ2n) is 4.50. The summed E-state index contributed by atoms with van der Waals surface area (Å²) in [5.74, 6) is -2.10. The van der Waals surface area contributed by atoms with E-state index in [4.69, 9.17) is 4.74 Å². The maximum Gasteiger partial charge on any atom is 0.421 e. The van der Waals surface area contributed by atoms with Crippen molar-refractivity contribution in [1.29, 1.82) is 0 Å². The average molecular weight is 291 g/mol. The molecule has 0 saturated heterocycles. The molecule has 0 fully saturated rings. The standard InChI is InChI=1S/C11H12F3N3O3/c1-5(2)20-10(19)7-6(11(12,13)14)8-9(18)15-3-4-17(8)16-7/h5H,3-4H2,1-2H3,(H,15,18). The fourth-order valence-corrected chi connectivity index (χ4v) is 1.89. The highest BCUT2D eigenvalue weighted by molar-refractivity contribution is 5.99. The minimum absolute atomic E-state index is 0.0686. The Labute approximate surface area is 111 Å². The van der Waals surface area contributed by atoms with Gasteiger partial charge in [0.15, 0.2) is 5.69 Å². The summed E-state index contributed by atoms with van der Waals surface area (Å²) in [5.41, 5.74) is -2.88. The van der Waals surface area contributed by atoms with Gasteiger partial charge in [-0.05, 0) is 13.8 Å². The van der Waals surface area contributed by atoms with Crippen molar-refractivity contribution in [3.05, 3.63) is 17.0 Å². The first kappa shape index (κ1) is 14.4. The summed E-state index contributed by atoms with van der Waals surface area (Å²) in [7, 11) is 0. The Morgan fingerprint density at radius 2 is 2.10 bits per heavy atom. The predicted octanol–water partition coefficient (Wildman–Crippen LogP) is 1.21. The molecule has 0 saturated carbocycles. The minimum atomic E-state index is -4.87. The number of carbonyl (C=O) groups excluding carboxylic acids is 2. The van der Waals surface area contributed by atoms with Gasteiger partial charge in [-0.15, -0.1) is 0 Å². The van der Waals surface area contributed by atoms with Crippen LogP contribution in [-0.2, 0) is 17.5 Å². The second-order valence-corrected chi connectivity index (χ2v) is 4.50. The third kappa shape index (κ3) is 2.47. The van der Waals surface area contributed by atoms with E-state index in [2.05, 4.69) is 10.4 Å². The molecule has 1 aromatic rings. The molecule has 1 N–H and O–H groups in total. The summed E-state index contributed by atoms with van der Waals surface area (Å²) in [6.07, 6.45) is -5.45. The van der Waals surface area contributed by atoms with Crippen LogP contribution in [0.3, 0.4) is 0 Å². The Balaban J connectivity index is 2.57. The molecule has 0 aromatic carbocycles. The Hall–Kier alpha value is -2.06. The van der Waals surface area contributed by atoms with Crippen LogP contribution in [0.15, 0.2) is 0 Å². The summed E-state index contributed by atoms with van der Waals surface area (Å²) >= 11 is 0. The van der Waals surface area contributed by atoms with E-state index in [1.807, 2.05) is 0 Å². The fraction of sp³-hybridized carbons (Fsp3) is 0.545. The van der Waals surface area contributed by atoms with Gasteiger partial charge in [0.25, 0.3) is 5.91 Å². The number of rotatable bonds is 2. The molecule has 0 bridgehead atoms. The van der Waals surface area contributed by atoms with E-state index >= 15 is 0 Å². The van der Waals surface area contributed by atoms with Crippen LogP contribution in [0.4, 0.5) is 13.2 Å². The largest absolute Gasteiger partial charge is 0.458 e. The Bertz CT molecular complexity index is 563. The SMILES string of the molecule is CC(C)OC(=O)c1nn2c(c1C(F)(F)F)C(=O)NCC2. The molecule has 1 amide bonds. The van der Waals surface area contributed by atoms with Crippen molar-refractivity contribution in [3.63, 3.8) is 0 Å². The molecule has 20 heavy (non-hydrogen) atoms. The first-order chi connectivity index (χ1) is 9.21. The molecule has 0 atom stereocenters. The number of amides is 1. The molecule has 2 rings (SSSR count). The van der Waals surface area contributed by atoms with Gasteiger partial charge in [0.2, 0.25) is 0 Å². The Morgan fingerprint density at radius 3 is 2.65 bits per heavy atom. The maximum absolute atomic E-state index is 13.1. The van der Waals surface area contributed by atoms with Crippen molar-refractivity contribution in [2.75, 3.05) is 6.54 Å². The van der Waals surface area contributed by atoms with E-state index in [1.54, 1.807) is 0 Å². The van der Waals surface area contributed by atoms with Gasteiger partial charge in [-0.25, -0.2) is 4.79 Å². The van der Waals surface area contributed by atoms with Gasteiger partial charge >= 0.3 is 12.1 Å². The van der Waals surface area contributed by atoms with Crippen LogP contribution in [0.25, 0.3) is 0 Å². The number of hydrogen-bond acceptors (Lipinski definition) is 4. The summed E-state index contributed by atoms with van der Waals surface area (Å²) in [6.45, 7) is 3.24. The molecule has 0 spiro atoms. The zero-order valence-electron chi connectivity index (χ0n) is 10.7. The van der Waals surface area contributed by atoms with Crippen molar-refractivity contribution in [2.45, 2.75) is 32.7 Å². The number of aromatic nitrogens is 2. The number of nitrogens with zero attached hydrogens (tertiary/aromatic N) is 2. The van der Waals surface area contributed by atoms with Crippen LogP contribution in [0, 0.1) is 0 Å². The van der Waals surface area contributed by atoms with Crippen LogP contribution < -0.4 is 5.32 Å². The molecule has 110 valence electrons. The van der Waals surface area contributed by atoms with Crippen molar-refractivity contribution < 1.29 is 27.5 Å². The molecule has 0 unspecified atom stereocenters. The van der Waals surface area contributed by atoms with Crippen LogP contribution in [0.1, 0.15) is 40.4 Å². The maximum atomic E-state index is 13.1. The summed E-state index contributed by atoms with van der Waals surface area (Å²) in [4.78, 5) is 23.3. The number of hydrogen-bond donors (Lipinski definition) is 1. The molecule has 1 aromatic heterocycles. The number of esters is 1. The Kier molecular flexibility index (Phi) is 3.45. The highest BCUT2D eigenvalue weighted by Crippen LogP contribution is 2.35. The quantitative estimate of drug-likeness (QED) is 0.831. The first-order valence-corrected chi connectivity index (χ1v) is 5.89. The van der Waals surface area contributed by atoms with Gasteiger partial charge in [-0.1, -0.05) is 0 Å². The molecule has 2 heterocycles. The molecule has 6 nitrogen and oxygen atoms in total. The fourth-order valence-electron chi connectivity index (χ4n) is 1.89. The smallest absolute Gasteiger partial charge is 0.421 e. The minimum Gasteiger partial charge on any atom is -0.458 e. The van der Waals surface area contributed by atoms with Gasteiger partial charge in [-0.2, -0.15) is 18.3 Å². The summed E-state index contributed by atoms with van der Waals surface area (Å²) < 4.78 is 44.9. The van der Waals surface area contributed by atoms with Gasteiger partial charge < -0.3 is 10.1 Å². The zero-order valence-corrected chi connectivity index (χ0v) is 10.7. The molecular formula is C11H12F3N3O3. The van der Waals surface area contributed by atoms with Gasteiger partial charge in [-0.3, -0.25) is 9.48 Å². The van der Waals surface area contributed by atoms with Crippen LogP contribution in [0.5, 0.6) is 0 Å². The zero-order chi connectivity index (χ0) is 15.1. The highest BCUT2D eigenvalue weighted by Gasteiger charge is 2.45. The number of fused-ring (bicyclic) bond motifs is 1. The van der Waals surface area contributed by atoms with Crippen molar-refractivity contribution in [2.24, 2.45) is 0 Å². The number of nitrogens with one attached hydrogen (secondary N) is 1. The first-order valence-electron chi connectivity index (χ1n) is 5.89. The van der Waals surface area contributed by atoms with E-state index in [1.165, 1.54) is 13.8 Å². The molecule has 0 aliphatic carbocycles. The highest BCUT2D eigenvalue weighted by atomic mass is 19.4. The van der Waals surface area contributed by atoms with Crippen molar-refractivity contribution >= 4 is 11.9 Å². The van der Waals surface area contributed by atoms with Gasteiger partial charge in [0.05, 0.1) is 12.6 Å². The van der Waals surface area contributed by atoms with Gasteiger partial charge in [0.1, 0.15) is 11.3 Å². The van der Waals surface area contributed by atoms with Crippen LogP contribution in [0.2, 0.25) is 0 Å². The molecule has 1 aliphatic heterocycles. The summed E-state index contributed by atoms with van der Waals surface area (Å²) in [5, 5.41) is 5.87. The van der Waals surface area contributed by atoms with E-state index in [-0.39, 0.29) is 13.1 Å². The summed E-state index contributed by atoms with van der Waals surface area (Å²) in [6, 6.07) is 0. The topological polar surface area (TPSA) is 73.2 Å². The lowest BCUT2D eigenvalue weighted by Crippen LogP contribution is -2.37. The van der Waals surface area contributed by atoms with Crippen LogP contribution >= 0.6 is 0 Å². The van der Waals surface area contributed by atoms with Crippen molar-refractivity contribution in [1.82, 2.24) is 15.1 Å². The average Bonchev–Trinajstić information content (AvgIpc) is 2.68. The monoisotopic (exact) mass is 291 g/mol. The number of ether oxygens (including phenoxy) is 1. The number of carbonyl (C=O) groups is 2. The number of halogens is 3. The predicted molar refractivity (Wildman–Crippen MR) is 60.1 cm³/mol.